The molecule has 4 rings (SSSR count). The molecule has 3 aromatic carbocycles. The molecular weight excluding hydrogens is 586 g/mol. The maximum Gasteiger partial charge on any atom is 0.264 e. The highest BCUT2D eigenvalue weighted by atomic mass is 79.9. The van der Waals surface area contributed by atoms with Crippen LogP contribution in [-0.2, 0) is 4.79 Å². The smallest absolute Gasteiger partial charge is 0.264 e. The maximum absolute atomic E-state index is 12.3. The van der Waals surface area contributed by atoms with E-state index in [-0.39, 0.29) is 17.6 Å². The van der Waals surface area contributed by atoms with Crippen LogP contribution < -0.4 is 15.4 Å². The van der Waals surface area contributed by atoms with Crippen LogP contribution in [0.4, 0.5) is 5.69 Å². The summed E-state index contributed by atoms with van der Waals surface area (Å²) in [5.74, 6) is 0.274. The van der Waals surface area contributed by atoms with E-state index in [2.05, 4.69) is 61.5 Å². The molecule has 0 fully saturated rings. The van der Waals surface area contributed by atoms with E-state index in [9.17, 15) is 4.79 Å². The Morgan fingerprint density at radius 3 is 2.58 bits per heavy atom. The number of benzene rings is 3. The molecule has 1 aromatic heterocycles. The molecule has 9 heteroatoms. The number of thiocarbonyl (C=S) groups is 1. The van der Waals surface area contributed by atoms with E-state index in [4.69, 9.17) is 21.9 Å². The van der Waals surface area contributed by atoms with Crippen LogP contribution in [0.15, 0.2) is 63.5 Å². The van der Waals surface area contributed by atoms with Gasteiger partial charge in [-0.05, 0) is 102 Å². The van der Waals surface area contributed by atoms with Crippen LogP contribution in [0.2, 0.25) is 0 Å². The summed E-state index contributed by atoms with van der Waals surface area (Å²) < 4.78 is 8.53. The lowest BCUT2D eigenvalue weighted by Gasteiger charge is -2.13. The lowest BCUT2D eigenvalue weighted by molar-refractivity contribution is -0.121. The van der Waals surface area contributed by atoms with Gasteiger partial charge < -0.3 is 10.1 Å². The summed E-state index contributed by atoms with van der Waals surface area (Å²) in [6.07, 6.45) is 0. The molecule has 168 valence electrons. The van der Waals surface area contributed by atoms with Gasteiger partial charge in [-0.25, -0.2) is 4.98 Å². The molecule has 1 amide bonds. The van der Waals surface area contributed by atoms with Crippen molar-refractivity contribution in [1.82, 2.24) is 10.3 Å². The summed E-state index contributed by atoms with van der Waals surface area (Å²) in [5, 5.41) is 6.83. The Balaban J connectivity index is 1.33. The van der Waals surface area contributed by atoms with Gasteiger partial charge in [-0.1, -0.05) is 22.0 Å². The predicted molar refractivity (Wildman–Crippen MR) is 146 cm³/mol. The third-order valence-corrected chi connectivity index (χ3v) is 7.05. The fourth-order valence-corrected chi connectivity index (χ4v) is 6.04. The molecule has 0 spiro atoms. The molecule has 0 radical (unpaired) electrons. The van der Waals surface area contributed by atoms with Crippen LogP contribution in [0.25, 0.3) is 20.8 Å². The van der Waals surface area contributed by atoms with Gasteiger partial charge in [0, 0.05) is 15.7 Å². The number of halogens is 2. The highest BCUT2D eigenvalue weighted by Crippen LogP contribution is 2.33. The fourth-order valence-electron chi connectivity index (χ4n) is 3.19. The minimum absolute atomic E-state index is 0.154. The van der Waals surface area contributed by atoms with Crippen LogP contribution in [0.3, 0.4) is 0 Å². The molecule has 0 aliphatic rings. The van der Waals surface area contributed by atoms with Crippen molar-refractivity contribution in [3.8, 4) is 16.3 Å². The molecule has 0 aliphatic carbocycles. The summed E-state index contributed by atoms with van der Waals surface area (Å²) in [7, 11) is 0. The second-order valence-electron chi connectivity index (χ2n) is 7.39. The predicted octanol–water partition coefficient (Wildman–Crippen LogP) is 7.00. The topological polar surface area (TPSA) is 63.2 Å². The van der Waals surface area contributed by atoms with Crippen molar-refractivity contribution in [2.24, 2.45) is 0 Å². The molecule has 0 saturated carbocycles. The molecule has 5 nitrogen and oxygen atoms in total. The summed E-state index contributed by atoms with van der Waals surface area (Å²) in [5.41, 5.74) is 4.93. The van der Waals surface area contributed by atoms with Crippen LogP contribution in [0, 0.1) is 13.8 Å². The number of fused-ring (bicyclic) bond motifs is 1. The summed E-state index contributed by atoms with van der Waals surface area (Å²) in [6, 6.07) is 17.8. The number of nitrogens with one attached hydrogen (secondary N) is 2. The minimum Gasteiger partial charge on any atom is -0.482 e. The van der Waals surface area contributed by atoms with Gasteiger partial charge in [-0.2, -0.15) is 0 Å². The number of aryl methyl sites for hydroxylation is 2. The van der Waals surface area contributed by atoms with Crippen molar-refractivity contribution >= 4 is 82.3 Å². The third-order valence-electron chi connectivity index (χ3n) is 4.73. The Labute approximate surface area is 217 Å². The summed E-state index contributed by atoms with van der Waals surface area (Å²) in [6.45, 7) is 3.83. The number of rotatable bonds is 5. The zero-order valence-corrected chi connectivity index (χ0v) is 22.5. The Morgan fingerprint density at radius 2 is 1.85 bits per heavy atom. The van der Waals surface area contributed by atoms with Gasteiger partial charge in [0.25, 0.3) is 5.91 Å². The first kappa shape index (κ1) is 23.8. The SMILES string of the molecule is Cc1ccc2nc(-c3ccc(NC(=S)NC(=O)COc4c(C)cc(Br)cc4Br)cc3)sc2c1. The second-order valence-corrected chi connectivity index (χ2v) is 10.6. The van der Waals surface area contributed by atoms with E-state index in [1.807, 2.05) is 49.4 Å². The molecule has 0 unspecified atom stereocenters. The standard InChI is InChI=1S/C24H19Br2N3O2S2/c1-13-3-8-19-20(9-13)33-23(28-19)15-4-6-17(7-5-15)27-24(32)29-21(30)12-31-22-14(2)10-16(25)11-18(22)26/h3-11H,12H2,1-2H3,(H2,27,29,30,32). The fraction of sp³-hybridized carbons (Fsp3) is 0.125. The Hall–Kier alpha value is -2.33. The van der Waals surface area contributed by atoms with E-state index >= 15 is 0 Å². The first-order chi connectivity index (χ1) is 15.8. The van der Waals surface area contributed by atoms with Gasteiger partial charge >= 0.3 is 0 Å². The van der Waals surface area contributed by atoms with Gasteiger partial charge in [0.05, 0.1) is 14.7 Å². The third kappa shape index (κ3) is 5.97. The van der Waals surface area contributed by atoms with Crippen molar-refractivity contribution in [3.05, 3.63) is 74.7 Å². The van der Waals surface area contributed by atoms with Crippen LogP contribution >= 0.6 is 55.4 Å². The van der Waals surface area contributed by atoms with E-state index in [0.29, 0.717) is 5.75 Å². The maximum atomic E-state index is 12.3. The number of nitrogens with zero attached hydrogens (tertiary/aromatic N) is 1. The average molecular weight is 605 g/mol. The first-order valence-corrected chi connectivity index (χ1v) is 12.8. The van der Waals surface area contributed by atoms with E-state index in [1.165, 1.54) is 10.3 Å². The molecule has 0 saturated heterocycles. The number of hydrogen-bond donors (Lipinski definition) is 2. The molecular formula is C24H19Br2N3O2S2. The zero-order chi connectivity index (χ0) is 23.5. The average Bonchev–Trinajstić information content (AvgIpc) is 3.16. The van der Waals surface area contributed by atoms with Crippen LogP contribution in [0.1, 0.15) is 11.1 Å². The summed E-state index contributed by atoms with van der Waals surface area (Å²) in [4.78, 5) is 17.0. The lowest BCUT2D eigenvalue weighted by atomic mass is 10.2. The van der Waals surface area contributed by atoms with Crippen molar-refractivity contribution in [1.29, 1.82) is 0 Å². The molecule has 2 N–H and O–H groups in total. The monoisotopic (exact) mass is 603 g/mol. The van der Waals surface area contributed by atoms with Gasteiger partial charge in [0.15, 0.2) is 11.7 Å². The number of amides is 1. The summed E-state index contributed by atoms with van der Waals surface area (Å²) >= 11 is 13.8. The zero-order valence-electron chi connectivity index (χ0n) is 17.7. The minimum atomic E-state index is -0.344. The normalized spacial score (nSPS) is 10.8. The van der Waals surface area contributed by atoms with E-state index in [1.54, 1.807) is 11.3 Å². The molecule has 0 bridgehead atoms. The second kappa shape index (κ2) is 10.3. The quantitative estimate of drug-likeness (QED) is 0.240. The lowest BCUT2D eigenvalue weighted by Crippen LogP contribution is -2.37. The van der Waals surface area contributed by atoms with E-state index < -0.39 is 0 Å². The number of aromatic nitrogens is 1. The number of anilines is 1. The highest BCUT2D eigenvalue weighted by Gasteiger charge is 2.11. The van der Waals surface area contributed by atoms with Crippen LogP contribution in [-0.4, -0.2) is 22.6 Å². The molecule has 0 aliphatic heterocycles. The van der Waals surface area contributed by atoms with Crippen LogP contribution in [0.5, 0.6) is 5.75 Å². The van der Waals surface area contributed by atoms with Gasteiger partial charge in [-0.15, -0.1) is 11.3 Å². The van der Waals surface area contributed by atoms with Gasteiger partial charge in [-0.3, -0.25) is 10.1 Å². The number of carbonyl (C=O) groups excluding carboxylic acids is 1. The van der Waals surface area contributed by atoms with Gasteiger partial charge in [0.1, 0.15) is 10.8 Å². The van der Waals surface area contributed by atoms with Crippen molar-refractivity contribution < 1.29 is 9.53 Å². The number of carbonyl (C=O) groups is 1. The van der Waals surface area contributed by atoms with E-state index in [0.717, 1.165) is 36.3 Å². The number of hydrogen-bond acceptors (Lipinski definition) is 5. The van der Waals surface area contributed by atoms with Gasteiger partial charge in [0.2, 0.25) is 0 Å². The Kier molecular flexibility index (Phi) is 7.43. The number of ether oxygens (including phenoxy) is 1. The van der Waals surface area contributed by atoms with Crippen molar-refractivity contribution in [3.63, 3.8) is 0 Å². The molecule has 33 heavy (non-hydrogen) atoms. The molecule has 4 aromatic rings. The Morgan fingerprint density at radius 1 is 1.09 bits per heavy atom. The van der Waals surface area contributed by atoms with Crippen molar-refractivity contribution in [2.75, 3.05) is 11.9 Å². The Bertz CT molecular complexity index is 1330. The largest absolute Gasteiger partial charge is 0.482 e. The molecule has 0 atom stereocenters. The number of thiazole rings is 1. The first-order valence-electron chi connectivity index (χ1n) is 9.95. The molecule has 1 heterocycles. The highest BCUT2D eigenvalue weighted by molar-refractivity contribution is 9.11. The van der Waals surface area contributed by atoms with Crippen molar-refractivity contribution in [2.45, 2.75) is 13.8 Å².